The van der Waals surface area contributed by atoms with E-state index in [1.807, 2.05) is 0 Å². The Labute approximate surface area is 192 Å². The fourth-order valence-corrected chi connectivity index (χ4v) is 11.0. The summed E-state index contributed by atoms with van der Waals surface area (Å²) in [7, 11) is -0.666. The summed E-state index contributed by atoms with van der Waals surface area (Å²) >= 11 is 6.48. The maximum atomic E-state index is 6.48. The molecule has 4 aromatic carbocycles. The Bertz CT molecular complexity index is 972. The van der Waals surface area contributed by atoms with Crippen molar-refractivity contribution in [3.63, 3.8) is 0 Å². The first-order chi connectivity index (χ1) is 13.8. The summed E-state index contributed by atoms with van der Waals surface area (Å²) in [5, 5.41) is 5.17. The van der Waals surface area contributed by atoms with Gasteiger partial charge >= 0.3 is 18.9 Å². The third kappa shape index (κ3) is 5.19. The maximum absolute atomic E-state index is 6.48. The van der Waals surface area contributed by atoms with Gasteiger partial charge in [-0.3, -0.25) is 0 Å². The first-order valence-electron chi connectivity index (χ1n) is 9.24. The fraction of sp³-hybridized carbons (Fsp3) is 0. The van der Waals surface area contributed by atoms with E-state index in [1.165, 1.54) is 21.2 Å². The van der Waals surface area contributed by atoms with Crippen LogP contribution in [0.3, 0.4) is 0 Å². The monoisotopic (exact) mass is 422 g/mol. The molecule has 0 spiro atoms. The van der Waals surface area contributed by atoms with Crippen molar-refractivity contribution in [3.8, 4) is 0 Å². The normalized spacial score (nSPS) is 11.1. The van der Waals surface area contributed by atoms with Crippen molar-refractivity contribution in [1.29, 1.82) is 0 Å². The van der Waals surface area contributed by atoms with Crippen LogP contribution in [0.1, 0.15) is 0 Å². The molecule has 0 atom stereocenters. The van der Waals surface area contributed by atoms with Crippen LogP contribution < -0.4 is 40.1 Å². The molecule has 0 aliphatic carbocycles. The zero-order chi connectivity index (χ0) is 19.2. The quantitative estimate of drug-likeness (QED) is 0.261. The van der Waals surface area contributed by atoms with Gasteiger partial charge in [0.1, 0.15) is 0 Å². The zero-order valence-corrected chi connectivity index (χ0v) is 19.0. The molecule has 0 unspecified atom stereocenters. The molecule has 138 valence electrons. The smallest absolute Gasteiger partial charge is 0.248 e. The summed E-state index contributed by atoms with van der Waals surface area (Å²) in [6, 6.07) is 40.7. The van der Waals surface area contributed by atoms with Crippen LogP contribution in [0.15, 0.2) is 121 Å². The van der Waals surface area contributed by atoms with Gasteiger partial charge in [-0.2, -0.15) is 7.92 Å². The van der Waals surface area contributed by atoms with E-state index in [4.69, 9.17) is 11.8 Å². The number of hydrogen-bond donors (Lipinski definition) is 0. The van der Waals surface area contributed by atoms with Crippen molar-refractivity contribution in [2.24, 2.45) is 0 Å². The predicted molar refractivity (Wildman–Crippen MR) is 130 cm³/mol. The minimum atomic E-state index is -2.07. The SMILES string of the molecule is S=P([CH-]P(c1ccccc1)c1ccccc1)(c1ccccc1)c1ccccc1.[Li+]. The van der Waals surface area contributed by atoms with Crippen LogP contribution in [-0.2, 0) is 11.8 Å². The van der Waals surface area contributed by atoms with Gasteiger partial charge < -0.3 is 0 Å². The molecule has 0 nitrogen and oxygen atoms in total. The minimum Gasteiger partial charge on any atom is -0.248 e. The average Bonchev–Trinajstić information content (AvgIpc) is 2.80. The Balaban J connectivity index is 0.00000240. The van der Waals surface area contributed by atoms with Gasteiger partial charge in [-0.1, -0.05) is 132 Å². The van der Waals surface area contributed by atoms with Crippen LogP contribution in [0.5, 0.6) is 0 Å². The second-order valence-corrected chi connectivity index (χ2v) is 13.3. The van der Waals surface area contributed by atoms with Crippen molar-refractivity contribution < 1.29 is 18.9 Å². The molecule has 29 heavy (non-hydrogen) atoms. The molecule has 0 aliphatic heterocycles. The minimum absolute atomic E-state index is 0. The van der Waals surface area contributed by atoms with Crippen molar-refractivity contribution in [3.05, 3.63) is 127 Å². The average molecular weight is 422 g/mol. The second-order valence-electron chi connectivity index (χ2n) is 6.49. The largest absolute Gasteiger partial charge is 1.00 e. The maximum Gasteiger partial charge on any atom is 1.00 e. The molecule has 4 rings (SSSR count). The summed E-state index contributed by atoms with van der Waals surface area (Å²) in [4.78, 5) is 0. The van der Waals surface area contributed by atoms with E-state index in [-0.39, 0.29) is 18.9 Å². The van der Waals surface area contributed by atoms with Gasteiger partial charge in [-0.05, 0) is 10.6 Å². The Morgan fingerprint density at radius 1 is 0.517 bits per heavy atom. The van der Waals surface area contributed by atoms with E-state index < -0.39 is 14.0 Å². The van der Waals surface area contributed by atoms with E-state index in [0.717, 1.165) is 0 Å². The summed E-state index contributed by atoms with van der Waals surface area (Å²) in [5.74, 6) is 2.49. The molecule has 0 aromatic heterocycles. The van der Waals surface area contributed by atoms with E-state index in [0.29, 0.717) is 0 Å². The van der Waals surface area contributed by atoms with E-state index in [9.17, 15) is 0 Å². The molecule has 0 heterocycles. The topological polar surface area (TPSA) is 0 Å². The molecular weight excluding hydrogens is 401 g/mol. The van der Waals surface area contributed by atoms with Crippen LogP contribution in [0.25, 0.3) is 0 Å². The summed E-state index contributed by atoms with van der Waals surface area (Å²) in [6.45, 7) is 0. The predicted octanol–water partition coefficient (Wildman–Crippen LogP) is 2.37. The Morgan fingerprint density at radius 3 is 1.17 bits per heavy atom. The Kier molecular flexibility index (Phi) is 8.09. The molecule has 4 aromatic rings. The Hall–Kier alpha value is -1.44. The molecular formula is C25H21LiP2S. The van der Waals surface area contributed by atoms with Gasteiger partial charge in [-0.15, -0.1) is 17.8 Å². The summed E-state index contributed by atoms with van der Waals surface area (Å²) < 4.78 is 0. The van der Waals surface area contributed by atoms with Gasteiger partial charge in [0.15, 0.2) is 0 Å². The van der Waals surface area contributed by atoms with Crippen LogP contribution in [0.4, 0.5) is 0 Å². The van der Waals surface area contributed by atoms with E-state index in [2.05, 4.69) is 127 Å². The first-order valence-corrected chi connectivity index (χ1v) is 13.5. The molecule has 0 aliphatic rings. The molecule has 0 bridgehead atoms. The molecule has 0 amide bonds. The third-order valence-corrected chi connectivity index (χ3v) is 12.8. The van der Waals surface area contributed by atoms with Crippen molar-refractivity contribution in [2.45, 2.75) is 0 Å². The van der Waals surface area contributed by atoms with Crippen LogP contribution in [-0.4, -0.2) is 0 Å². The van der Waals surface area contributed by atoms with Crippen molar-refractivity contribution >= 4 is 47.0 Å². The van der Waals surface area contributed by atoms with Crippen molar-refractivity contribution in [2.75, 3.05) is 0 Å². The van der Waals surface area contributed by atoms with E-state index in [1.54, 1.807) is 0 Å². The molecule has 4 heteroatoms. The van der Waals surface area contributed by atoms with Gasteiger partial charge in [0.05, 0.1) is 0 Å². The second kappa shape index (κ2) is 10.5. The van der Waals surface area contributed by atoms with E-state index >= 15 is 0 Å². The number of hydrogen-bond acceptors (Lipinski definition) is 1. The molecule has 0 radical (unpaired) electrons. The van der Waals surface area contributed by atoms with Gasteiger partial charge in [0.2, 0.25) is 0 Å². The summed E-state index contributed by atoms with van der Waals surface area (Å²) in [6.07, 6.45) is 0. The standard InChI is InChI=1S/C25H21P2S.Li/c28-27(24-17-9-3-10-18-24,25-19-11-4-12-20-25)21-26(22-13-5-1-6-14-22)23-15-7-2-8-16-23;/h1-21H;/q-1;+1. The van der Waals surface area contributed by atoms with Gasteiger partial charge in [0, 0.05) is 0 Å². The van der Waals surface area contributed by atoms with Gasteiger partial charge in [-0.25, -0.2) is 5.90 Å². The first kappa shape index (κ1) is 22.2. The molecule has 0 saturated heterocycles. The zero-order valence-electron chi connectivity index (χ0n) is 16.4. The molecule has 0 fully saturated rings. The van der Waals surface area contributed by atoms with Crippen LogP contribution in [0.2, 0.25) is 0 Å². The molecule has 0 N–H and O–H groups in total. The Morgan fingerprint density at radius 2 is 0.828 bits per heavy atom. The summed E-state index contributed by atoms with van der Waals surface area (Å²) in [5.41, 5.74) is 0. The number of benzene rings is 4. The van der Waals surface area contributed by atoms with Crippen LogP contribution >= 0.6 is 14.0 Å². The van der Waals surface area contributed by atoms with Crippen LogP contribution in [0, 0.1) is 5.90 Å². The van der Waals surface area contributed by atoms with Gasteiger partial charge in [0.25, 0.3) is 0 Å². The van der Waals surface area contributed by atoms with Crippen molar-refractivity contribution in [1.82, 2.24) is 0 Å². The fourth-order valence-electron chi connectivity index (χ4n) is 3.20. The third-order valence-electron chi connectivity index (χ3n) is 4.63. The molecule has 0 saturated carbocycles. The number of rotatable bonds is 6.